The zero-order valence-electron chi connectivity index (χ0n) is 10.6. The van der Waals surface area contributed by atoms with Crippen molar-refractivity contribution in [2.24, 2.45) is 0 Å². The molecule has 2 heterocycles. The number of aromatic nitrogens is 1. The van der Waals surface area contributed by atoms with Gasteiger partial charge in [0.25, 0.3) is 0 Å². The molecule has 8 heteroatoms. The number of anilines is 1. The molecular formula is C13H10F2N2O4. The highest BCUT2D eigenvalue weighted by atomic mass is 19.2. The minimum Gasteiger partial charge on any atom is -0.477 e. The number of carbonyl (C=O) groups is 1. The van der Waals surface area contributed by atoms with Crippen molar-refractivity contribution in [3.8, 4) is 0 Å². The van der Waals surface area contributed by atoms with Gasteiger partial charge in [-0.05, 0) is 0 Å². The van der Waals surface area contributed by atoms with Gasteiger partial charge in [-0.15, -0.1) is 0 Å². The Labute approximate surface area is 116 Å². The summed E-state index contributed by atoms with van der Waals surface area (Å²) < 4.78 is 33.5. The van der Waals surface area contributed by atoms with Crippen LogP contribution in [0.3, 0.4) is 0 Å². The van der Waals surface area contributed by atoms with Crippen LogP contribution in [0.5, 0.6) is 0 Å². The number of rotatable bonds is 2. The number of nitrogen functional groups attached to an aromatic ring is 1. The van der Waals surface area contributed by atoms with Crippen molar-refractivity contribution in [2.45, 2.75) is 6.04 Å². The number of hydrogen-bond donors (Lipinski definition) is 2. The van der Waals surface area contributed by atoms with Gasteiger partial charge in [-0.2, -0.15) is 0 Å². The lowest BCUT2D eigenvalue weighted by Gasteiger charge is -2.30. The summed E-state index contributed by atoms with van der Waals surface area (Å²) in [5.41, 5.74) is 3.34. The number of hydrogen-bond acceptors (Lipinski definition) is 4. The van der Waals surface area contributed by atoms with Crippen LogP contribution < -0.4 is 11.2 Å². The Kier molecular flexibility index (Phi) is 2.91. The summed E-state index contributed by atoms with van der Waals surface area (Å²) in [5.74, 6) is -4.02. The molecule has 0 saturated carbocycles. The average molecular weight is 296 g/mol. The molecule has 21 heavy (non-hydrogen) atoms. The van der Waals surface area contributed by atoms with E-state index < -0.39 is 34.3 Å². The van der Waals surface area contributed by atoms with Crippen LogP contribution in [-0.4, -0.2) is 28.9 Å². The fraction of sp³-hybridized carbons (Fsp3) is 0.231. The molecule has 3 rings (SSSR count). The van der Waals surface area contributed by atoms with Crippen molar-refractivity contribution in [3.63, 3.8) is 0 Å². The standard InChI is InChI=1S/C13H10F2N2O4/c14-7-1-8-9(11(16)10(7)15)12(18)6(13(19)20)2-17(8)5-3-21-4-5/h1-2,5H,3-4,16H2,(H,19,20). The van der Waals surface area contributed by atoms with E-state index in [9.17, 15) is 18.4 Å². The lowest BCUT2D eigenvalue weighted by Crippen LogP contribution is -2.33. The van der Waals surface area contributed by atoms with E-state index in [0.29, 0.717) is 0 Å². The van der Waals surface area contributed by atoms with Crippen LogP contribution in [0.4, 0.5) is 14.5 Å². The number of ether oxygens (including phenoxy) is 1. The lowest BCUT2D eigenvalue weighted by atomic mass is 10.1. The van der Waals surface area contributed by atoms with E-state index in [1.54, 1.807) is 0 Å². The first-order chi connectivity index (χ1) is 9.91. The fourth-order valence-corrected chi connectivity index (χ4v) is 2.31. The van der Waals surface area contributed by atoms with Gasteiger partial charge in [-0.1, -0.05) is 0 Å². The molecule has 0 atom stereocenters. The molecule has 0 radical (unpaired) electrons. The summed E-state index contributed by atoms with van der Waals surface area (Å²) in [6.45, 7) is 0.575. The Morgan fingerprint density at radius 2 is 2.10 bits per heavy atom. The van der Waals surface area contributed by atoms with E-state index in [0.717, 1.165) is 12.3 Å². The third-order valence-electron chi connectivity index (χ3n) is 3.50. The van der Waals surface area contributed by atoms with E-state index in [1.165, 1.54) is 4.57 Å². The van der Waals surface area contributed by atoms with E-state index >= 15 is 0 Å². The van der Waals surface area contributed by atoms with Gasteiger partial charge < -0.3 is 20.1 Å². The number of nitrogens with two attached hydrogens (primary N) is 1. The van der Waals surface area contributed by atoms with Gasteiger partial charge in [-0.3, -0.25) is 4.79 Å². The second kappa shape index (κ2) is 4.52. The number of carboxylic acid groups (broad SMARTS) is 1. The molecule has 1 aliphatic heterocycles. The fourth-order valence-electron chi connectivity index (χ4n) is 2.31. The highest BCUT2D eigenvalue weighted by Gasteiger charge is 2.26. The zero-order valence-corrected chi connectivity index (χ0v) is 10.6. The van der Waals surface area contributed by atoms with Gasteiger partial charge in [0.05, 0.1) is 35.8 Å². The topological polar surface area (TPSA) is 94.5 Å². The van der Waals surface area contributed by atoms with E-state index in [1.807, 2.05) is 0 Å². The predicted octanol–water partition coefficient (Wildman–Crippen LogP) is 1.13. The molecule has 0 bridgehead atoms. The molecule has 0 amide bonds. The Bertz CT molecular complexity index is 827. The van der Waals surface area contributed by atoms with Crippen molar-refractivity contribution >= 4 is 22.6 Å². The van der Waals surface area contributed by atoms with Crippen LogP contribution in [-0.2, 0) is 4.74 Å². The lowest BCUT2D eigenvalue weighted by molar-refractivity contribution is -0.0217. The van der Waals surface area contributed by atoms with Gasteiger partial charge >= 0.3 is 5.97 Å². The number of halogens is 2. The summed E-state index contributed by atoms with van der Waals surface area (Å²) >= 11 is 0. The first kappa shape index (κ1) is 13.5. The molecule has 0 unspecified atom stereocenters. The number of fused-ring (bicyclic) bond motifs is 1. The van der Waals surface area contributed by atoms with Crippen molar-refractivity contribution in [1.29, 1.82) is 0 Å². The summed E-state index contributed by atoms with van der Waals surface area (Å²) in [4.78, 5) is 23.3. The smallest absolute Gasteiger partial charge is 0.341 e. The molecule has 0 aliphatic carbocycles. The Morgan fingerprint density at radius 1 is 1.43 bits per heavy atom. The van der Waals surface area contributed by atoms with Crippen LogP contribution in [0.1, 0.15) is 16.4 Å². The van der Waals surface area contributed by atoms with E-state index in [2.05, 4.69) is 0 Å². The second-order valence-electron chi connectivity index (χ2n) is 4.76. The summed E-state index contributed by atoms with van der Waals surface area (Å²) in [5, 5.41) is 8.75. The van der Waals surface area contributed by atoms with Gasteiger partial charge in [0.15, 0.2) is 11.6 Å². The Hall–Kier alpha value is -2.48. The third kappa shape index (κ3) is 1.87. The molecule has 3 N–H and O–H groups in total. The Morgan fingerprint density at radius 3 is 2.62 bits per heavy atom. The molecule has 6 nitrogen and oxygen atoms in total. The highest BCUT2D eigenvalue weighted by molar-refractivity contribution is 5.97. The SMILES string of the molecule is Nc1c(F)c(F)cc2c1c(=O)c(C(=O)O)cn2C1COC1. The van der Waals surface area contributed by atoms with E-state index in [-0.39, 0.29) is 30.2 Å². The molecular weight excluding hydrogens is 286 g/mol. The first-order valence-electron chi connectivity index (χ1n) is 6.05. The average Bonchev–Trinajstić information content (AvgIpc) is 2.36. The van der Waals surface area contributed by atoms with Gasteiger partial charge in [-0.25, -0.2) is 13.6 Å². The van der Waals surface area contributed by atoms with Crippen molar-refractivity contribution in [2.75, 3.05) is 18.9 Å². The maximum atomic E-state index is 13.6. The van der Waals surface area contributed by atoms with Crippen LogP contribution in [0, 0.1) is 11.6 Å². The summed E-state index contributed by atoms with van der Waals surface area (Å²) in [6.07, 6.45) is 1.11. The largest absolute Gasteiger partial charge is 0.477 e. The Balaban J connectivity index is 2.48. The van der Waals surface area contributed by atoms with Crippen molar-refractivity contribution < 1.29 is 23.4 Å². The summed E-state index contributed by atoms with van der Waals surface area (Å²) in [6, 6.07) is 0.585. The highest BCUT2D eigenvalue weighted by Crippen LogP contribution is 2.28. The number of benzene rings is 1. The third-order valence-corrected chi connectivity index (χ3v) is 3.50. The second-order valence-corrected chi connectivity index (χ2v) is 4.76. The van der Waals surface area contributed by atoms with Crippen LogP contribution in [0.25, 0.3) is 10.9 Å². The molecule has 2 aromatic rings. The first-order valence-corrected chi connectivity index (χ1v) is 6.05. The number of carboxylic acids is 1. The molecule has 1 aromatic carbocycles. The summed E-state index contributed by atoms with van der Waals surface area (Å²) in [7, 11) is 0. The molecule has 1 saturated heterocycles. The minimum atomic E-state index is -1.46. The van der Waals surface area contributed by atoms with Gasteiger partial charge in [0, 0.05) is 12.3 Å². The van der Waals surface area contributed by atoms with Crippen LogP contribution in [0.2, 0.25) is 0 Å². The number of aromatic carboxylic acids is 1. The molecule has 110 valence electrons. The molecule has 0 spiro atoms. The minimum absolute atomic E-state index is 0.0506. The molecule has 1 aliphatic rings. The zero-order chi connectivity index (χ0) is 15.3. The maximum Gasteiger partial charge on any atom is 0.341 e. The normalized spacial score (nSPS) is 15.1. The molecule has 1 fully saturated rings. The van der Waals surface area contributed by atoms with Crippen molar-refractivity contribution in [3.05, 3.63) is 39.7 Å². The van der Waals surface area contributed by atoms with Crippen LogP contribution >= 0.6 is 0 Å². The number of nitrogens with zero attached hydrogens (tertiary/aromatic N) is 1. The molecule has 1 aromatic heterocycles. The number of pyridine rings is 1. The predicted molar refractivity (Wildman–Crippen MR) is 69.4 cm³/mol. The van der Waals surface area contributed by atoms with Gasteiger partial charge in [0.2, 0.25) is 5.43 Å². The monoisotopic (exact) mass is 296 g/mol. The van der Waals surface area contributed by atoms with E-state index in [4.69, 9.17) is 15.6 Å². The maximum absolute atomic E-state index is 13.6. The quantitative estimate of drug-likeness (QED) is 0.810. The van der Waals surface area contributed by atoms with Gasteiger partial charge in [0.1, 0.15) is 5.56 Å². The van der Waals surface area contributed by atoms with Crippen LogP contribution in [0.15, 0.2) is 17.1 Å². The van der Waals surface area contributed by atoms with Crippen molar-refractivity contribution in [1.82, 2.24) is 4.57 Å².